The minimum absolute atomic E-state index is 0.154. The molecule has 72 valence electrons. The largest absolute Gasteiger partial charge is 0.399 e. The van der Waals surface area contributed by atoms with Gasteiger partial charge in [-0.3, -0.25) is 4.79 Å². The second kappa shape index (κ2) is 2.66. The highest BCUT2D eigenvalue weighted by molar-refractivity contribution is 5.83. The zero-order chi connectivity index (χ0) is 10.3. The molecule has 14 heavy (non-hydrogen) atoms. The summed E-state index contributed by atoms with van der Waals surface area (Å²) in [6.07, 6.45) is 0. The van der Waals surface area contributed by atoms with Gasteiger partial charge in [0.15, 0.2) is 5.43 Å². The van der Waals surface area contributed by atoms with Gasteiger partial charge in [0.05, 0.1) is 5.52 Å². The number of pyridine rings is 1. The number of aromatic nitrogens is 1. The molecule has 1 aromatic heterocycles. The van der Waals surface area contributed by atoms with Crippen molar-refractivity contribution in [2.24, 2.45) is 0 Å². The molecule has 0 radical (unpaired) electrons. The maximum absolute atomic E-state index is 11.5. The van der Waals surface area contributed by atoms with Crippen LogP contribution in [0.5, 0.6) is 0 Å². The van der Waals surface area contributed by atoms with E-state index >= 15 is 0 Å². The standard InChI is InChI=1S/C9H10N4O/c10-5-1-2-6-7(3-5)13(12)9(11)4-8(6)14/h1-4H,10-12H2. The van der Waals surface area contributed by atoms with Crippen molar-refractivity contribution in [3.05, 3.63) is 34.5 Å². The summed E-state index contributed by atoms with van der Waals surface area (Å²) >= 11 is 0. The summed E-state index contributed by atoms with van der Waals surface area (Å²) in [6.45, 7) is 0. The highest BCUT2D eigenvalue weighted by Gasteiger charge is 2.04. The van der Waals surface area contributed by atoms with Crippen molar-refractivity contribution in [1.82, 2.24) is 4.68 Å². The van der Waals surface area contributed by atoms with Crippen molar-refractivity contribution in [1.29, 1.82) is 0 Å². The normalized spacial score (nSPS) is 10.6. The first-order valence-electron chi connectivity index (χ1n) is 4.05. The molecule has 5 heteroatoms. The molecule has 0 aliphatic carbocycles. The van der Waals surface area contributed by atoms with Gasteiger partial charge < -0.3 is 17.3 Å². The molecule has 2 aromatic rings. The van der Waals surface area contributed by atoms with E-state index in [-0.39, 0.29) is 11.2 Å². The molecule has 1 aromatic carbocycles. The number of rotatable bonds is 0. The molecular formula is C9H10N4O. The van der Waals surface area contributed by atoms with Gasteiger partial charge in [0, 0.05) is 17.1 Å². The molecule has 0 amide bonds. The fourth-order valence-corrected chi connectivity index (χ4v) is 1.38. The number of hydrogen-bond donors (Lipinski definition) is 3. The number of nitrogens with two attached hydrogens (primary N) is 3. The van der Waals surface area contributed by atoms with Gasteiger partial charge in [-0.2, -0.15) is 0 Å². The van der Waals surface area contributed by atoms with Gasteiger partial charge in [0.1, 0.15) is 5.82 Å². The monoisotopic (exact) mass is 190 g/mol. The van der Waals surface area contributed by atoms with Crippen LogP contribution in [0, 0.1) is 0 Å². The third-order valence-electron chi connectivity index (χ3n) is 2.10. The Morgan fingerprint density at radius 1 is 1.14 bits per heavy atom. The highest BCUT2D eigenvalue weighted by Crippen LogP contribution is 2.14. The molecule has 0 bridgehead atoms. The lowest BCUT2D eigenvalue weighted by Gasteiger charge is -2.08. The Kier molecular flexibility index (Phi) is 1.60. The molecule has 0 saturated heterocycles. The lowest BCUT2D eigenvalue weighted by atomic mass is 10.2. The number of hydrogen-bond acceptors (Lipinski definition) is 4. The number of anilines is 2. The fourth-order valence-electron chi connectivity index (χ4n) is 1.38. The molecule has 0 spiro atoms. The average molecular weight is 190 g/mol. The van der Waals surface area contributed by atoms with Gasteiger partial charge in [-0.05, 0) is 18.2 Å². The van der Waals surface area contributed by atoms with Gasteiger partial charge >= 0.3 is 0 Å². The van der Waals surface area contributed by atoms with Crippen LogP contribution in [0.4, 0.5) is 11.5 Å². The predicted molar refractivity (Wildman–Crippen MR) is 57.2 cm³/mol. The van der Waals surface area contributed by atoms with E-state index in [4.69, 9.17) is 17.3 Å². The average Bonchev–Trinajstić information content (AvgIpc) is 2.14. The first-order valence-corrected chi connectivity index (χ1v) is 4.05. The summed E-state index contributed by atoms with van der Waals surface area (Å²) in [5.41, 5.74) is 12.0. The minimum atomic E-state index is -0.154. The SMILES string of the molecule is Nc1ccc2c(=O)cc(N)n(N)c2c1. The first-order chi connectivity index (χ1) is 6.59. The Morgan fingerprint density at radius 3 is 2.57 bits per heavy atom. The predicted octanol–water partition coefficient (Wildman–Crippen LogP) is -0.120. The highest BCUT2D eigenvalue weighted by atomic mass is 16.1. The number of nitrogens with zero attached hydrogens (tertiary/aromatic N) is 1. The van der Waals surface area contributed by atoms with Crippen LogP contribution in [-0.2, 0) is 0 Å². The molecule has 0 fully saturated rings. The Labute approximate surface area is 79.7 Å². The first kappa shape index (κ1) is 8.43. The molecule has 6 N–H and O–H groups in total. The molecule has 0 unspecified atom stereocenters. The van der Waals surface area contributed by atoms with Crippen LogP contribution < -0.4 is 22.7 Å². The topological polar surface area (TPSA) is 100 Å². The summed E-state index contributed by atoms with van der Waals surface area (Å²) in [5.74, 6) is 5.87. The van der Waals surface area contributed by atoms with E-state index in [1.54, 1.807) is 18.2 Å². The summed E-state index contributed by atoms with van der Waals surface area (Å²) < 4.78 is 1.24. The van der Waals surface area contributed by atoms with E-state index in [0.29, 0.717) is 16.6 Å². The fraction of sp³-hybridized carbons (Fsp3) is 0. The van der Waals surface area contributed by atoms with E-state index in [2.05, 4.69) is 0 Å². The van der Waals surface area contributed by atoms with Crippen LogP contribution in [0.2, 0.25) is 0 Å². The third-order valence-corrected chi connectivity index (χ3v) is 2.10. The van der Waals surface area contributed by atoms with Gasteiger partial charge in [-0.1, -0.05) is 0 Å². The summed E-state index contributed by atoms with van der Waals surface area (Å²) in [5, 5.41) is 0.510. The Morgan fingerprint density at radius 2 is 1.86 bits per heavy atom. The summed E-state index contributed by atoms with van der Waals surface area (Å²) in [4.78, 5) is 11.5. The maximum atomic E-state index is 11.5. The number of fused-ring (bicyclic) bond motifs is 1. The maximum Gasteiger partial charge on any atom is 0.191 e. The van der Waals surface area contributed by atoms with Crippen LogP contribution in [0.15, 0.2) is 29.1 Å². The van der Waals surface area contributed by atoms with E-state index in [9.17, 15) is 4.79 Å². The molecule has 0 aliphatic heterocycles. The lowest BCUT2D eigenvalue weighted by molar-refractivity contribution is 1.06. The molecular weight excluding hydrogens is 180 g/mol. The Hall–Kier alpha value is -2.17. The van der Waals surface area contributed by atoms with Gasteiger partial charge in [-0.15, -0.1) is 0 Å². The van der Waals surface area contributed by atoms with E-state index in [1.165, 1.54) is 10.7 Å². The quantitative estimate of drug-likeness (QED) is 0.398. The van der Waals surface area contributed by atoms with Crippen molar-refractivity contribution < 1.29 is 0 Å². The zero-order valence-corrected chi connectivity index (χ0v) is 7.40. The second-order valence-electron chi connectivity index (χ2n) is 3.08. The smallest absolute Gasteiger partial charge is 0.191 e. The lowest BCUT2D eigenvalue weighted by Crippen LogP contribution is -2.19. The molecule has 2 rings (SSSR count). The second-order valence-corrected chi connectivity index (χ2v) is 3.08. The Bertz CT molecular complexity index is 558. The summed E-state index contributed by atoms with van der Waals surface area (Å²) in [7, 11) is 0. The van der Waals surface area contributed by atoms with E-state index in [1.807, 2.05) is 0 Å². The van der Waals surface area contributed by atoms with Gasteiger partial charge in [0.25, 0.3) is 0 Å². The minimum Gasteiger partial charge on any atom is -0.399 e. The third kappa shape index (κ3) is 1.06. The molecule has 1 heterocycles. The number of benzene rings is 1. The van der Waals surface area contributed by atoms with Crippen molar-refractivity contribution in [2.75, 3.05) is 17.3 Å². The molecule has 0 atom stereocenters. The molecule has 5 nitrogen and oxygen atoms in total. The van der Waals surface area contributed by atoms with Crippen molar-refractivity contribution in [3.8, 4) is 0 Å². The van der Waals surface area contributed by atoms with Gasteiger partial charge in [-0.25, -0.2) is 4.68 Å². The van der Waals surface area contributed by atoms with E-state index in [0.717, 1.165) is 0 Å². The molecule has 0 aliphatic rings. The van der Waals surface area contributed by atoms with Crippen LogP contribution in [-0.4, -0.2) is 4.68 Å². The van der Waals surface area contributed by atoms with E-state index < -0.39 is 0 Å². The number of nitrogen functional groups attached to an aromatic ring is 3. The van der Waals surface area contributed by atoms with Crippen LogP contribution in [0.25, 0.3) is 10.9 Å². The Balaban J connectivity index is 3.03. The van der Waals surface area contributed by atoms with Crippen molar-refractivity contribution in [3.63, 3.8) is 0 Å². The summed E-state index contributed by atoms with van der Waals surface area (Å²) in [6, 6.07) is 6.20. The molecule has 0 saturated carbocycles. The van der Waals surface area contributed by atoms with Crippen LogP contribution in [0.3, 0.4) is 0 Å². The van der Waals surface area contributed by atoms with Crippen LogP contribution in [0.1, 0.15) is 0 Å². The van der Waals surface area contributed by atoms with Gasteiger partial charge in [0.2, 0.25) is 0 Å². The zero-order valence-electron chi connectivity index (χ0n) is 7.40. The van der Waals surface area contributed by atoms with Crippen molar-refractivity contribution >= 4 is 22.4 Å². The van der Waals surface area contributed by atoms with Crippen molar-refractivity contribution in [2.45, 2.75) is 0 Å². The van der Waals surface area contributed by atoms with Crippen LogP contribution >= 0.6 is 0 Å².